The van der Waals surface area contributed by atoms with Crippen LogP contribution >= 0.6 is 0 Å². The fourth-order valence-electron chi connectivity index (χ4n) is 6.62. The second-order valence-corrected chi connectivity index (χ2v) is 13.6. The lowest BCUT2D eigenvalue weighted by atomic mass is 9.85. The van der Waals surface area contributed by atoms with E-state index in [9.17, 15) is 24.0 Å². The number of likely N-dealkylation sites (tertiary alicyclic amines) is 1. The maximum Gasteiger partial charge on any atom is 0.326 e. The molecule has 1 aliphatic heterocycles. The maximum absolute atomic E-state index is 14.3. The molecule has 6 N–H and O–H groups in total. The van der Waals surface area contributed by atoms with Gasteiger partial charge in [0.1, 0.15) is 12.1 Å². The van der Waals surface area contributed by atoms with E-state index in [0.717, 1.165) is 24.8 Å². The van der Waals surface area contributed by atoms with Gasteiger partial charge in [0, 0.05) is 23.7 Å². The highest BCUT2D eigenvalue weighted by Gasteiger charge is 2.46. The number of amides is 5. The largest absolute Gasteiger partial charge is 0.366 e. The molecule has 1 fully saturated rings. The van der Waals surface area contributed by atoms with E-state index in [1.807, 2.05) is 39.0 Å². The maximum atomic E-state index is 14.3. The number of nitrogens with zero attached hydrogens (tertiary/aromatic N) is 2. The van der Waals surface area contributed by atoms with Gasteiger partial charge in [-0.3, -0.25) is 23.7 Å². The standard InChI is InChI=1S/C35H45N7O5/c1-20(37-5)31(44)40-29(35(2,3)4)33(46)42-19-22(38-34(47)41-17-16-24-25(30(36)43)13-9-15-27(24)41)18-28(42)32(45)39-26-14-8-11-21-10-6-7-12-23(21)26/h6-7,9-10,12-13,15-17,20,22,26,28-29,37H,8,11,14,18-19H2,1-5H3,(H2,36,43)(H,38,47)(H,39,45)(H,40,44)/t20-,22-,26+,28-,29+/m0/s1. The third-order valence-electron chi connectivity index (χ3n) is 9.34. The molecule has 12 heteroatoms. The minimum atomic E-state index is -0.924. The molecule has 0 bridgehead atoms. The van der Waals surface area contributed by atoms with Crippen molar-refractivity contribution in [2.75, 3.05) is 13.6 Å². The Morgan fingerprint density at radius 2 is 1.72 bits per heavy atom. The molecule has 5 amide bonds. The lowest BCUT2D eigenvalue weighted by Gasteiger charge is -2.36. The summed E-state index contributed by atoms with van der Waals surface area (Å²) in [5.41, 5.74) is 7.93. The van der Waals surface area contributed by atoms with Crippen molar-refractivity contribution in [3.8, 4) is 0 Å². The van der Waals surface area contributed by atoms with Gasteiger partial charge in [-0.25, -0.2) is 4.79 Å². The van der Waals surface area contributed by atoms with E-state index in [1.54, 1.807) is 44.4 Å². The van der Waals surface area contributed by atoms with Crippen LogP contribution in [0.15, 0.2) is 54.7 Å². The number of fused-ring (bicyclic) bond motifs is 2. The third kappa shape index (κ3) is 7.02. The van der Waals surface area contributed by atoms with Gasteiger partial charge in [0.15, 0.2) is 0 Å². The number of likely N-dealkylation sites (N-methyl/N-ethyl adjacent to an activating group) is 1. The van der Waals surface area contributed by atoms with Gasteiger partial charge in [-0.2, -0.15) is 0 Å². The fraction of sp³-hybridized carbons (Fsp3) is 0.457. The zero-order valence-electron chi connectivity index (χ0n) is 27.6. The van der Waals surface area contributed by atoms with Crippen LogP contribution in [0.1, 0.15) is 74.5 Å². The summed E-state index contributed by atoms with van der Waals surface area (Å²) in [7, 11) is 1.67. The van der Waals surface area contributed by atoms with E-state index >= 15 is 0 Å². The van der Waals surface area contributed by atoms with E-state index < -0.39 is 47.4 Å². The Morgan fingerprint density at radius 3 is 2.43 bits per heavy atom. The first-order valence-electron chi connectivity index (χ1n) is 16.2. The zero-order valence-corrected chi connectivity index (χ0v) is 27.6. The highest BCUT2D eigenvalue weighted by molar-refractivity contribution is 6.07. The number of hydrogen-bond acceptors (Lipinski definition) is 6. The van der Waals surface area contributed by atoms with Crippen LogP contribution in [0.4, 0.5) is 4.79 Å². The van der Waals surface area contributed by atoms with E-state index in [2.05, 4.69) is 27.3 Å². The molecular formula is C35H45N7O5. The number of nitrogens with one attached hydrogen (secondary N) is 4. The molecule has 0 radical (unpaired) electrons. The molecule has 250 valence electrons. The predicted octanol–water partition coefficient (Wildman–Crippen LogP) is 2.60. The van der Waals surface area contributed by atoms with Crippen LogP contribution in [-0.2, 0) is 20.8 Å². The number of aromatic nitrogens is 1. The van der Waals surface area contributed by atoms with Crippen LogP contribution < -0.4 is 27.0 Å². The normalized spacial score (nSPS) is 20.6. The molecule has 2 aromatic carbocycles. The Hall–Kier alpha value is -4.71. The molecule has 0 spiro atoms. The topological polar surface area (TPSA) is 168 Å². The lowest BCUT2D eigenvalue weighted by Crippen LogP contribution is -2.59. The molecule has 0 unspecified atom stereocenters. The van der Waals surface area contributed by atoms with E-state index in [4.69, 9.17) is 5.73 Å². The molecule has 2 aliphatic rings. The van der Waals surface area contributed by atoms with Crippen molar-refractivity contribution in [2.45, 2.75) is 83.6 Å². The van der Waals surface area contributed by atoms with E-state index in [-0.39, 0.29) is 30.8 Å². The monoisotopic (exact) mass is 643 g/mol. The van der Waals surface area contributed by atoms with Crippen molar-refractivity contribution in [3.05, 3.63) is 71.4 Å². The molecule has 5 rings (SSSR count). The highest BCUT2D eigenvalue weighted by Crippen LogP contribution is 2.31. The number of benzene rings is 2. The van der Waals surface area contributed by atoms with Crippen molar-refractivity contribution < 1.29 is 24.0 Å². The molecule has 0 saturated carbocycles. The molecule has 1 aromatic heterocycles. The number of carbonyl (C=O) groups excluding carboxylic acids is 5. The average molecular weight is 644 g/mol. The summed E-state index contributed by atoms with van der Waals surface area (Å²) >= 11 is 0. The van der Waals surface area contributed by atoms with Crippen molar-refractivity contribution in [1.29, 1.82) is 0 Å². The Balaban J connectivity index is 1.42. The summed E-state index contributed by atoms with van der Waals surface area (Å²) in [6, 6.07) is 11.1. The first-order chi connectivity index (χ1) is 22.3. The van der Waals surface area contributed by atoms with Crippen LogP contribution in [0.2, 0.25) is 0 Å². The van der Waals surface area contributed by atoms with Gasteiger partial charge in [-0.1, -0.05) is 51.1 Å². The predicted molar refractivity (Wildman–Crippen MR) is 178 cm³/mol. The van der Waals surface area contributed by atoms with Gasteiger partial charge in [0.05, 0.1) is 23.6 Å². The van der Waals surface area contributed by atoms with E-state index in [1.165, 1.54) is 15.0 Å². The van der Waals surface area contributed by atoms with Gasteiger partial charge in [0.25, 0.3) is 0 Å². The quantitative estimate of drug-likeness (QED) is 0.253. The van der Waals surface area contributed by atoms with Gasteiger partial charge in [-0.15, -0.1) is 0 Å². The number of nitrogens with two attached hydrogens (primary N) is 1. The molecule has 1 saturated heterocycles. The number of primary amides is 1. The summed E-state index contributed by atoms with van der Waals surface area (Å²) in [6.07, 6.45) is 4.39. The summed E-state index contributed by atoms with van der Waals surface area (Å²) in [6.45, 7) is 7.36. The Bertz CT molecular complexity index is 1690. The first-order valence-corrected chi connectivity index (χ1v) is 16.2. The van der Waals surface area contributed by atoms with Crippen LogP contribution in [-0.4, -0.2) is 76.9 Å². The summed E-state index contributed by atoms with van der Waals surface area (Å²) in [5.74, 6) is -1.64. The third-order valence-corrected chi connectivity index (χ3v) is 9.34. The summed E-state index contributed by atoms with van der Waals surface area (Å²) in [5, 5.41) is 12.5. The summed E-state index contributed by atoms with van der Waals surface area (Å²) < 4.78 is 1.39. The Kier molecular flexibility index (Phi) is 9.71. The van der Waals surface area contributed by atoms with Gasteiger partial charge in [-0.05, 0) is 74.4 Å². The second kappa shape index (κ2) is 13.6. The van der Waals surface area contributed by atoms with Gasteiger partial charge < -0.3 is 31.9 Å². The number of rotatable bonds is 8. The van der Waals surface area contributed by atoms with Crippen LogP contribution in [0.25, 0.3) is 10.9 Å². The Labute approximate surface area is 274 Å². The molecule has 5 atom stereocenters. The van der Waals surface area contributed by atoms with Crippen molar-refractivity contribution in [1.82, 2.24) is 30.7 Å². The molecular weight excluding hydrogens is 598 g/mol. The minimum Gasteiger partial charge on any atom is -0.366 e. The summed E-state index contributed by atoms with van der Waals surface area (Å²) in [4.78, 5) is 68.3. The average Bonchev–Trinajstić information content (AvgIpc) is 3.67. The molecule has 2 heterocycles. The van der Waals surface area contributed by atoms with Gasteiger partial charge >= 0.3 is 6.03 Å². The molecule has 47 heavy (non-hydrogen) atoms. The smallest absolute Gasteiger partial charge is 0.326 e. The van der Waals surface area contributed by atoms with Crippen molar-refractivity contribution in [3.63, 3.8) is 0 Å². The zero-order chi connectivity index (χ0) is 34.0. The Morgan fingerprint density at radius 1 is 0.979 bits per heavy atom. The van der Waals surface area contributed by atoms with Gasteiger partial charge in [0.2, 0.25) is 23.6 Å². The second-order valence-electron chi connectivity index (χ2n) is 13.6. The number of carbonyl (C=O) groups is 5. The van der Waals surface area contributed by atoms with Crippen molar-refractivity contribution in [2.24, 2.45) is 11.1 Å². The SMILES string of the molecule is CN[C@@H](C)C(=O)N[C@H](C(=O)N1C[C@@H](NC(=O)n2ccc3c(C(N)=O)cccc32)C[C@H]1C(=O)N[C@@H]1CCCc2ccccc21)C(C)(C)C. The van der Waals surface area contributed by atoms with Crippen LogP contribution in [0.5, 0.6) is 0 Å². The fourth-order valence-corrected chi connectivity index (χ4v) is 6.62. The minimum absolute atomic E-state index is 0.0691. The van der Waals surface area contributed by atoms with Crippen molar-refractivity contribution >= 4 is 40.6 Å². The van der Waals surface area contributed by atoms with Crippen LogP contribution in [0, 0.1) is 5.41 Å². The molecule has 3 aromatic rings. The first kappa shape index (κ1) is 33.6. The van der Waals surface area contributed by atoms with Crippen LogP contribution in [0.3, 0.4) is 0 Å². The van der Waals surface area contributed by atoms with E-state index in [0.29, 0.717) is 16.5 Å². The highest BCUT2D eigenvalue weighted by atomic mass is 16.2. The molecule has 12 nitrogen and oxygen atoms in total. The molecule has 1 aliphatic carbocycles. The number of aryl methyl sites for hydroxylation is 1. The lowest BCUT2D eigenvalue weighted by molar-refractivity contribution is -0.144. The number of hydrogen-bond donors (Lipinski definition) is 5.